The Kier molecular flexibility index (Phi) is 2.22. The second kappa shape index (κ2) is 3.68. The molecule has 2 aliphatic rings. The molecule has 0 aromatic heterocycles. The molecular formula is C15H10Cl2N2O. The van der Waals surface area contributed by atoms with Crippen LogP contribution in [0.15, 0.2) is 36.4 Å². The molecule has 0 unspecified atom stereocenters. The zero-order chi connectivity index (χ0) is 14.1. The molecule has 0 bridgehead atoms. The number of anilines is 2. The molecule has 2 aromatic rings. The number of benzene rings is 2. The summed E-state index contributed by atoms with van der Waals surface area (Å²) in [6.07, 6.45) is 0. The molecule has 4 rings (SSSR count). The minimum absolute atomic E-state index is 0.0346. The lowest BCUT2D eigenvalue weighted by Crippen LogP contribution is -2.42. The van der Waals surface area contributed by atoms with Crippen molar-refractivity contribution < 1.29 is 4.79 Å². The molecule has 0 aliphatic carbocycles. The van der Waals surface area contributed by atoms with Gasteiger partial charge in [0.05, 0.1) is 16.4 Å². The first-order valence-corrected chi connectivity index (χ1v) is 6.99. The van der Waals surface area contributed by atoms with Crippen LogP contribution in [0.3, 0.4) is 0 Å². The Hall–Kier alpha value is -1.71. The quantitative estimate of drug-likeness (QED) is 0.789. The Morgan fingerprint density at radius 3 is 2.75 bits per heavy atom. The van der Waals surface area contributed by atoms with Gasteiger partial charge in [-0.25, -0.2) is 0 Å². The van der Waals surface area contributed by atoms with Crippen LogP contribution in [0.1, 0.15) is 22.8 Å². The summed E-state index contributed by atoms with van der Waals surface area (Å²) in [5.74, 6) is -0.0346. The normalized spacial score (nSPS) is 22.4. The van der Waals surface area contributed by atoms with Crippen molar-refractivity contribution in [1.82, 2.24) is 0 Å². The summed E-state index contributed by atoms with van der Waals surface area (Å²) in [5.41, 5.74) is 2.54. The third-order valence-electron chi connectivity index (χ3n) is 3.98. The lowest BCUT2D eigenvalue weighted by atomic mass is 10.0. The second-order valence-corrected chi connectivity index (χ2v) is 6.01. The molecule has 2 heterocycles. The predicted molar refractivity (Wildman–Crippen MR) is 80.7 cm³/mol. The van der Waals surface area contributed by atoms with Crippen molar-refractivity contribution in [3.8, 4) is 0 Å². The van der Waals surface area contributed by atoms with E-state index in [0.717, 1.165) is 16.9 Å². The van der Waals surface area contributed by atoms with Gasteiger partial charge in [-0.1, -0.05) is 41.4 Å². The Bertz CT molecular complexity index is 774. The molecule has 2 aromatic carbocycles. The molecule has 1 amide bonds. The summed E-state index contributed by atoms with van der Waals surface area (Å²) in [6.45, 7) is 1.97. The van der Waals surface area contributed by atoms with E-state index in [1.54, 1.807) is 17.0 Å². The first-order valence-electron chi connectivity index (χ1n) is 6.23. The number of fused-ring (bicyclic) bond motifs is 5. The van der Waals surface area contributed by atoms with Crippen molar-refractivity contribution in [2.45, 2.75) is 12.6 Å². The summed E-state index contributed by atoms with van der Waals surface area (Å²) in [6, 6.07) is 11.0. The summed E-state index contributed by atoms with van der Waals surface area (Å²) in [4.78, 5) is 14.4. The first-order chi connectivity index (χ1) is 9.52. The van der Waals surface area contributed by atoms with E-state index in [1.807, 2.05) is 31.2 Å². The van der Waals surface area contributed by atoms with E-state index >= 15 is 0 Å². The van der Waals surface area contributed by atoms with Gasteiger partial charge in [-0.05, 0) is 25.1 Å². The van der Waals surface area contributed by atoms with Crippen molar-refractivity contribution in [1.29, 1.82) is 0 Å². The summed E-state index contributed by atoms with van der Waals surface area (Å²) >= 11 is 12.3. The first kappa shape index (κ1) is 12.1. The van der Waals surface area contributed by atoms with Crippen LogP contribution in [0, 0.1) is 0 Å². The minimum Gasteiger partial charge on any atom is -0.356 e. The van der Waals surface area contributed by atoms with Crippen molar-refractivity contribution in [2.75, 3.05) is 10.2 Å². The van der Waals surface area contributed by atoms with E-state index in [9.17, 15) is 4.79 Å². The Balaban J connectivity index is 2.01. The maximum atomic E-state index is 12.7. The van der Waals surface area contributed by atoms with Gasteiger partial charge in [-0.2, -0.15) is 0 Å². The number of carbonyl (C=O) groups excluding carboxylic acids is 1. The molecule has 0 saturated heterocycles. The maximum Gasteiger partial charge on any atom is 0.260 e. The van der Waals surface area contributed by atoms with E-state index in [2.05, 4.69) is 5.32 Å². The van der Waals surface area contributed by atoms with Crippen LogP contribution >= 0.6 is 23.2 Å². The lowest BCUT2D eigenvalue weighted by molar-refractivity contribution is 0.0986. The van der Waals surface area contributed by atoms with Crippen molar-refractivity contribution in [3.05, 3.63) is 57.6 Å². The number of hydrogen-bond acceptors (Lipinski definition) is 2. The number of hydrogen-bond donors (Lipinski definition) is 1. The highest BCUT2D eigenvalue weighted by Gasteiger charge is 2.52. The van der Waals surface area contributed by atoms with Crippen LogP contribution in [0.4, 0.5) is 11.4 Å². The number of nitrogens with zero attached hydrogens (tertiary/aromatic N) is 1. The van der Waals surface area contributed by atoms with E-state index < -0.39 is 5.66 Å². The fraction of sp³-hybridized carbons (Fsp3) is 0.133. The Labute approximate surface area is 126 Å². The van der Waals surface area contributed by atoms with Crippen LogP contribution in [0.25, 0.3) is 0 Å². The van der Waals surface area contributed by atoms with Gasteiger partial charge in [0.25, 0.3) is 5.91 Å². The average Bonchev–Trinajstić information content (AvgIpc) is 2.82. The largest absolute Gasteiger partial charge is 0.356 e. The molecule has 0 spiro atoms. The predicted octanol–water partition coefficient (Wildman–Crippen LogP) is 4.25. The van der Waals surface area contributed by atoms with Crippen LogP contribution < -0.4 is 10.2 Å². The molecule has 2 aliphatic heterocycles. The van der Waals surface area contributed by atoms with Gasteiger partial charge in [0, 0.05) is 16.1 Å². The van der Waals surface area contributed by atoms with Gasteiger partial charge >= 0.3 is 0 Å². The van der Waals surface area contributed by atoms with Gasteiger partial charge in [0.15, 0.2) is 0 Å². The number of carbonyl (C=O) groups is 1. The molecule has 5 heteroatoms. The number of halogens is 2. The molecule has 0 fully saturated rings. The van der Waals surface area contributed by atoms with Gasteiger partial charge in [0.2, 0.25) is 0 Å². The number of rotatable bonds is 0. The molecule has 3 nitrogen and oxygen atoms in total. The lowest BCUT2D eigenvalue weighted by Gasteiger charge is -2.28. The standard InChI is InChI=1S/C15H10Cl2N2O/c1-15-10-5-3-2-4-9(10)14(20)19(15)12-7-8(16)6-11(17)13(12)18-15/h2-7,18H,1H3/t15-/m0/s1. The molecule has 100 valence electrons. The molecule has 20 heavy (non-hydrogen) atoms. The van der Waals surface area contributed by atoms with Crippen molar-refractivity contribution in [3.63, 3.8) is 0 Å². The smallest absolute Gasteiger partial charge is 0.260 e. The third-order valence-corrected chi connectivity index (χ3v) is 4.49. The van der Waals surface area contributed by atoms with E-state index in [1.165, 1.54) is 0 Å². The highest BCUT2D eigenvalue weighted by atomic mass is 35.5. The fourth-order valence-corrected chi connectivity index (χ4v) is 3.65. The van der Waals surface area contributed by atoms with Crippen LogP contribution in [0.2, 0.25) is 10.0 Å². The van der Waals surface area contributed by atoms with Gasteiger partial charge in [-0.15, -0.1) is 0 Å². The molecule has 0 radical (unpaired) electrons. The average molecular weight is 305 g/mol. The van der Waals surface area contributed by atoms with E-state index in [-0.39, 0.29) is 5.91 Å². The fourth-order valence-electron chi connectivity index (χ4n) is 3.12. The molecular weight excluding hydrogens is 295 g/mol. The SMILES string of the molecule is C[C@]12Nc3c(Cl)cc(Cl)cc3N1C(=O)c1ccccc12. The van der Waals surface area contributed by atoms with E-state index in [0.29, 0.717) is 15.6 Å². The summed E-state index contributed by atoms with van der Waals surface area (Å²) < 4.78 is 0. The molecule has 1 atom stereocenters. The summed E-state index contributed by atoms with van der Waals surface area (Å²) in [7, 11) is 0. The minimum atomic E-state index is -0.607. The van der Waals surface area contributed by atoms with Crippen molar-refractivity contribution >= 4 is 40.5 Å². The zero-order valence-corrected chi connectivity index (χ0v) is 12.1. The van der Waals surface area contributed by atoms with Crippen LogP contribution in [0.5, 0.6) is 0 Å². The van der Waals surface area contributed by atoms with Crippen LogP contribution in [-0.2, 0) is 5.66 Å². The molecule has 0 saturated carbocycles. The topological polar surface area (TPSA) is 32.3 Å². The molecule has 1 N–H and O–H groups in total. The van der Waals surface area contributed by atoms with Gasteiger partial charge < -0.3 is 5.32 Å². The van der Waals surface area contributed by atoms with E-state index in [4.69, 9.17) is 23.2 Å². The van der Waals surface area contributed by atoms with Gasteiger partial charge in [0.1, 0.15) is 5.66 Å². The van der Waals surface area contributed by atoms with Crippen molar-refractivity contribution in [2.24, 2.45) is 0 Å². The zero-order valence-electron chi connectivity index (χ0n) is 10.6. The second-order valence-electron chi connectivity index (χ2n) is 5.17. The highest BCUT2D eigenvalue weighted by molar-refractivity contribution is 6.38. The monoisotopic (exact) mass is 304 g/mol. The number of nitrogens with one attached hydrogen (secondary N) is 1. The summed E-state index contributed by atoms with van der Waals surface area (Å²) in [5, 5.41) is 4.41. The Morgan fingerprint density at radius 1 is 1.20 bits per heavy atom. The maximum absolute atomic E-state index is 12.7. The Morgan fingerprint density at radius 2 is 1.95 bits per heavy atom. The van der Waals surface area contributed by atoms with Gasteiger partial charge in [-0.3, -0.25) is 9.69 Å². The third kappa shape index (κ3) is 1.29. The van der Waals surface area contributed by atoms with Crippen LogP contribution in [-0.4, -0.2) is 5.91 Å². The highest BCUT2D eigenvalue weighted by Crippen LogP contribution is 2.53. The number of amides is 1.